The third-order valence-corrected chi connectivity index (χ3v) is 8.91. The van der Waals surface area contributed by atoms with Crippen LogP contribution < -0.4 is 15.0 Å². The van der Waals surface area contributed by atoms with Crippen LogP contribution in [0.3, 0.4) is 0 Å². The number of hydrogen-bond donors (Lipinski definition) is 1. The van der Waals surface area contributed by atoms with E-state index in [0.29, 0.717) is 30.6 Å². The smallest absolute Gasteiger partial charge is 0.316 e. The van der Waals surface area contributed by atoms with Crippen molar-refractivity contribution in [3.63, 3.8) is 0 Å². The van der Waals surface area contributed by atoms with Gasteiger partial charge in [-0.3, -0.25) is 0 Å². The summed E-state index contributed by atoms with van der Waals surface area (Å²) in [6.07, 6.45) is 9.58. The maximum Gasteiger partial charge on any atom is 0.316 e. The number of nitrogens with zero attached hydrogens (tertiary/aromatic N) is 5. The molecule has 1 N–H and O–H groups in total. The number of anilines is 1. The molecule has 2 aromatic carbocycles. The van der Waals surface area contributed by atoms with Gasteiger partial charge in [0.05, 0.1) is 29.5 Å². The summed E-state index contributed by atoms with van der Waals surface area (Å²) in [6.45, 7) is 4.89. The van der Waals surface area contributed by atoms with Gasteiger partial charge in [0.15, 0.2) is 0 Å². The Hall–Kier alpha value is -3.16. The van der Waals surface area contributed by atoms with E-state index in [1.165, 1.54) is 24.1 Å². The predicted molar refractivity (Wildman–Crippen MR) is 150 cm³/mol. The fraction of sp³-hybridized carbons (Fsp3) is 0.433. The highest BCUT2D eigenvalue weighted by atomic mass is 35.5. The molecule has 3 aliphatic heterocycles. The Morgan fingerprint density at radius 2 is 1.89 bits per heavy atom. The van der Waals surface area contributed by atoms with Crippen molar-refractivity contribution in [3.8, 4) is 6.01 Å². The first-order valence-electron chi connectivity index (χ1n) is 13.8. The molecule has 0 radical (unpaired) electrons. The fourth-order valence-electron chi connectivity index (χ4n) is 6.74. The fourth-order valence-corrected chi connectivity index (χ4v) is 7.02. The molecule has 38 heavy (non-hydrogen) atoms. The molecule has 2 aromatic heterocycles. The zero-order chi connectivity index (χ0) is 25.6. The molecule has 0 unspecified atom stereocenters. The molecule has 3 aliphatic rings. The molecular formula is C30H33ClN6O. The Morgan fingerprint density at radius 3 is 2.68 bits per heavy atom. The molecule has 2 bridgehead atoms. The van der Waals surface area contributed by atoms with E-state index in [1.54, 1.807) is 0 Å². The topological polar surface area (TPSA) is 68.1 Å². The van der Waals surface area contributed by atoms with E-state index in [0.717, 1.165) is 71.9 Å². The van der Waals surface area contributed by atoms with Gasteiger partial charge in [0.1, 0.15) is 12.4 Å². The number of hydrogen-bond acceptors (Lipinski definition) is 6. The lowest BCUT2D eigenvalue weighted by molar-refractivity contribution is 0.269. The molecule has 7 nitrogen and oxygen atoms in total. The van der Waals surface area contributed by atoms with Gasteiger partial charge in [0, 0.05) is 48.0 Å². The molecule has 0 spiro atoms. The quantitative estimate of drug-likeness (QED) is 0.360. The Balaban J connectivity index is 1.21. The van der Waals surface area contributed by atoms with E-state index in [-0.39, 0.29) is 0 Å². The number of imidazole rings is 1. The van der Waals surface area contributed by atoms with Crippen LogP contribution in [0.2, 0.25) is 5.02 Å². The first-order valence-corrected chi connectivity index (χ1v) is 14.2. The summed E-state index contributed by atoms with van der Waals surface area (Å²) in [4.78, 5) is 16.8. The van der Waals surface area contributed by atoms with Gasteiger partial charge >= 0.3 is 6.01 Å². The predicted octanol–water partition coefficient (Wildman–Crippen LogP) is 5.43. The summed E-state index contributed by atoms with van der Waals surface area (Å²) in [5.74, 6) is 1.44. The van der Waals surface area contributed by atoms with Crippen LogP contribution in [0, 0.1) is 6.92 Å². The summed E-state index contributed by atoms with van der Waals surface area (Å²) in [6, 6.07) is 14.3. The van der Waals surface area contributed by atoms with Crippen LogP contribution in [0.25, 0.3) is 10.8 Å². The molecule has 0 aliphatic carbocycles. The number of halogens is 1. The van der Waals surface area contributed by atoms with Gasteiger partial charge in [-0.1, -0.05) is 35.9 Å². The number of benzene rings is 2. The highest BCUT2D eigenvalue weighted by molar-refractivity contribution is 6.36. The molecule has 3 atom stereocenters. The number of piperidine rings is 1. The molecule has 2 fully saturated rings. The van der Waals surface area contributed by atoms with Crippen LogP contribution in [0.5, 0.6) is 6.01 Å². The van der Waals surface area contributed by atoms with Crippen LogP contribution in [0.1, 0.15) is 54.4 Å². The maximum absolute atomic E-state index is 6.69. The average Bonchev–Trinajstić information content (AvgIpc) is 3.50. The number of aryl methyl sites for hydroxylation is 1. The van der Waals surface area contributed by atoms with E-state index in [2.05, 4.69) is 44.0 Å². The molecule has 2 saturated heterocycles. The Morgan fingerprint density at radius 1 is 1.08 bits per heavy atom. The lowest BCUT2D eigenvalue weighted by Gasteiger charge is -2.35. The maximum atomic E-state index is 6.69. The molecule has 8 heteroatoms. The van der Waals surface area contributed by atoms with E-state index in [9.17, 15) is 0 Å². The number of aromatic nitrogens is 4. The van der Waals surface area contributed by atoms with Gasteiger partial charge in [-0.15, -0.1) is 0 Å². The van der Waals surface area contributed by atoms with E-state index >= 15 is 0 Å². The van der Waals surface area contributed by atoms with Crippen molar-refractivity contribution in [2.75, 3.05) is 18.1 Å². The number of fused-ring (bicyclic) bond motifs is 4. The summed E-state index contributed by atoms with van der Waals surface area (Å²) >= 11 is 6.69. The molecule has 0 saturated carbocycles. The normalized spacial score (nSPS) is 22.6. The first-order chi connectivity index (χ1) is 18.6. The highest BCUT2D eigenvalue weighted by Crippen LogP contribution is 2.41. The van der Waals surface area contributed by atoms with Crippen LogP contribution in [0.4, 0.5) is 5.69 Å². The van der Waals surface area contributed by atoms with Crippen molar-refractivity contribution in [3.05, 3.63) is 76.6 Å². The summed E-state index contributed by atoms with van der Waals surface area (Å²) < 4.78 is 8.30. The van der Waals surface area contributed by atoms with Crippen molar-refractivity contribution in [2.45, 2.75) is 70.1 Å². The second kappa shape index (κ2) is 9.86. The van der Waals surface area contributed by atoms with Gasteiger partial charge < -0.3 is 19.5 Å². The third-order valence-electron chi connectivity index (χ3n) is 8.60. The molecule has 0 amide bonds. The van der Waals surface area contributed by atoms with Gasteiger partial charge in [-0.2, -0.15) is 9.97 Å². The molecule has 4 aromatic rings. The molecule has 5 heterocycles. The largest absolute Gasteiger partial charge is 0.462 e. The van der Waals surface area contributed by atoms with Gasteiger partial charge in [0.2, 0.25) is 0 Å². The average molecular weight is 529 g/mol. The van der Waals surface area contributed by atoms with Crippen LogP contribution in [-0.4, -0.2) is 44.8 Å². The number of nitrogens with one attached hydrogen (secondary N) is 1. The van der Waals surface area contributed by atoms with Crippen LogP contribution in [0.15, 0.2) is 48.8 Å². The molecule has 7 rings (SSSR count). The first kappa shape index (κ1) is 23.9. The van der Waals surface area contributed by atoms with Crippen LogP contribution in [-0.2, 0) is 19.5 Å². The standard InChI is InChI=1S/C30H33ClN6O/c1-19-32-11-13-36(19)14-15-38-30-34-26-18-37(27-7-3-5-20-4-2-6-25(31)28(20)27)12-10-24(26)29(35-30)21-16-22-8-9-23(17-21)33-22/h2-7,11,13,21-23,33H,8-10,12,14-18H2,1H3/t21-,22+,23-. The van der Waals surface area contributed by atoms with Crippen molar-refractivity contribution in [1.29, 1.82) is 0 Å². The summed E-state index contributed by atoms with van der Waals surface area (Å²) in [5, 5.41) is 6.84. The van der Waals surface area contributed by atoms with Crippen molar-refractivity contribution < 1.29 is 4.74 Å². The molecule has 196 valence electrons. The lowest BCUT2D eigenvalue weighted by atomic mass is 9.85. The minimum absolute atomic E-state index is 0.460. The summed E-state index contributed by atoms with van der Waals surface area (Å²) in [7, 11) is 0. The van der Waals surface area contributed by atoms with Crippen molar-refractivity contribution in [2.24, 2.45) is 0 Å². The molecular weight excluding hydrogens is 496 g/mol. The second-order valence-corrected chi connectivity index (χ2v) is 11.3. The van der Waals surface area contributed by atoms with Crippen molar-refractivity contribution in [1.82, 2.24) is 24.8 Å². The van der Waals surface area contributed by atoms with Gasteiger partial charge in [-0.05, 0) is 62.1 Å². The van der Waals surface area contributed by atoms with Gasteiger partial charge in [-0.25, -0.2) is 4.98 Å². The number of rotatable bonds is 6. The zero-order valence-electron chi connectivity index (χ0n) is 21.7. The minimum Gasteiger partial charge on any atom is -0.462 e. The number of ether oxygens (including phenoxy) is 1. The Labute approximate surface area is 228 Å². The van der Waals surface area contributed by atoms with E-state index in [1.807, 2.05) is 31.5 Å². The van der Waals surface area contributed by atoms with Gasteiger partial charge in [0.25, 0.3) is 0 Å². The van der Waals surface area contributed by atoms with Crippen LogP contribution >= 0.6 is 11.6 Å². The lowest BCUT2D eigenvalue weighted by Crippen LogP contribution is -2.38. The minimum atomic E-state index is 0.460. The Kier molecular flexibility index (Phi) is 6.21. The SMILES string of the molecule is Cc1nccn1CCOc1nc2c(c([C@H]3C[C@H]4CC[C@@H](C3)N4)n1)CCN(c1cccc3cccc(Cl)c13)C2. The summed E-state index contributed by atoms with van der Waals surface area (Å²) in [5.41, 5.74) is 4.80. The van der Waals surface area contributed by atoms with E-state index < -0.39 is 0 Å². The van der Waals surface area contributed by atoms with E-state index in [4.69, 9.17) is 26.3 Å². The monoisotopic (exact) mass is 528 g/mol. The zero-order valence-corrected chi connectivity index (χ0v) is 22.5. The van der Waals surface area contributed by atoms with Crippen molar-refractivity contribution >= 4 is 28.1 Å². The second-order valence-electron chi connectivity index (χ2n) is 10.9. The Bertz CT molecular complexity index is 1470. The highest BCUT2D eigenvalue weighted by Gasteiger charge is 2.37. The third kappa shape index (κ3) is 4.41.